The zero-order valence-electron chi connectivity index (χ0n) is 10.7. The Labute approximate surface area is 121 Å². The summed E-state index contributed by atoms with van der Waals surface area (Å²) in [7, 11) is 0. The Morgan fingerprint density at radius 3 is 2.68 bits per heavy atom. The van der Waals surface area contributed by atoms with E-state index in [0.29, 0.717) is 21.8 Å². The van der Waals surface area contributed by atoms with Gasteiger partial charge in [0.2, 0.25) is 11.7 Å². The van der Waals surface area contributed by atoms with E-state index < -0.39 is 0 Å². The molecule has 102 valence electrons. The maximum atomic E-state index is 5.97. The highest BCUT2D eigenvalue weighted by molar-refractivity contribution is 6.42. The van der Waals surface area contributed by atoms with Crippen molar-refractivity contribution >= 4 is 23.2 Å². The minimum atomic E-state index is 0.00195. The van der Waals surface area contributed by atoms with Gasteiger partial charge in [-0.25, -0.2) is 0 Å². The molecule has 2 unspecified atom stereocenters. The van der Waals surface area contributed by atoms with Crippen LogP contribution >= 0.6 is 23.2 Å². The Morgan fingerprint density at radius 1 is 1.32 bits per heavy atom. The summed E-state index contributed by atoms with van der Waals surface area (Å²) in [4.78, 5) is 4.36. The lowest BCUT2D eigenvalue weighted by Crippen LogP contribution is -2.25. The van der Waals surface area contributed by atoms with E-state index in [1.54, 1.807) is 18.2 Å². The fourth-order valence-corrected chi connectivity index (χ4v) is 2.01. The molecule has 2 aromatic rings. The minimum Gasteiger partial charge on any atom is -0.339 e. The topological polar surface area (TPSA) is 64.9 Å². The predicted octanol–water partition coefficient (Wildman–Crippen LogP) is 3.88. The third-order valence-electron chi connectivity index (χ3n) is 3.12. The molecule has 19 heavy (non-hydrogen) atoms. The van der Waals surface area contributed by atoms with Crippen LogP contribution in [0.5, 0.6) is 0 Å². The largest absolute Gasteiger partial charge is 0.339 e. The van der Waals surface area contributed by atoms with E-state index >= 15 is 0 Å². The van der Waals surface area contributed by atoms with Crippen molar-refractivity contribution in [3.8, 4) is 11.4 Å². The molecular weight excluding hydrogens is 285 g/mol. The smallest absolute Gasteiger partial charge is 0.231 e. The first-order valence-corrected chi connectivity index (χ1v) is 6.83. The number of hydrogen-bond donors (Lipinski definition) is 1. The molecule has 0 amide bonds. The summed E-state index contributed by atoms with van der Waals surface area (Å²) in [6, 6.07) is 5.22. The van der Waals surface area contributed by atoms with E-state index in [4.69, 9.17) is 33.5 Å². The Balaban J connectivity index is 2.27. The molecule has 1 aromatic heterocycles. The van der Waals surface area contributed by atoms with Crippen LogP contribution in [0.1, 0.15) is 32.1 Å². The molecule has 0 bridgehead atoms. The van der Waals surface area contributed by atoms with E-state index in [-0.39, 0.29) is 12.0 Å². The molecule has 4 nitrogen and oxygen atoms in total. The molecule has 6 heteroatoms. The summed E-state index contributed by atoms with van der Waals surface area (Å²) in [5, 5.41) is 4.91. The molecule has 2 N–H and O–H groups in total. The van der Waals surface area contributed by atoms with Crippen LogP contribution in [0.4, 0.5) is 0 Å². The summed E-state index contributed by atoms with van der Waals surface area (Å²) in [5.41, 5.74) is 6.74. The molecule has 2 rings (SSSR count). The molecule has 0 radical (unpaired) electrons. The van der Waals surface area contributed by atoms with Crippen molar-refractivity contribution in [1.82, 2.24) is 10.1 Å². The number of benzene rings is 1. The highest BCUT2D eigenvalue weighted by Crippen LogP contribution is 2.28. The van der Waals surface area contributed by atoms with Gasteiger partial charge in [-0.15, -0.1) is 0 Å². The third kappa shape index (κ3) is 3.08. The number of aromatic nitrogens is 2. The lowest BCUT2D eigenvalue weighted by Gasteiger charge is -2.13. The second kappa shape index (κ2) is 5.90. The van der Waals surface area contributed by atoms with Gasteiger partial charge in [0, 0.05) is 11.6 Å². The van der Waals surface area contributed by atoms with E-state index in [1.807, 2.05) is 13.8 Å². The first kappa shape index (κ1) is 14.3. The Morgan fingerprint density at radius 2 is 2.05 bits per heavy atom. The van der Waals surface area contributed by atoms with E-state index in [9.17, 15) is 0 Å². The molecule has 1 heterocycles. The van der Waals surface area contributed by atoms with Crippen LogP contribution in [-0.4, -0.2) is 16.2 Å². The Kier molecular flexibility index (Phi) is 4.45. The van der Waals surface area contributed by atoms with Gasteiger partial charge in [-0.3, -0.25) is 0 Å². The van der Waals surface area contributed by atoms with Crippen molar-refractivity contribution < 1.29 is 4.52 Å². The van der Waals surface area contributed by atoms with E-state index in [1.165, 1.54) is 0 Å². The van der Waals surface area contributed by atoms with Gasteiger partial charge in [0.25, 0.3) is 0 Å². The van der Waals surface area contributed by atoms with E-state index in [2.05, 4.69) is 10.1 Å². The van der Waals surface area contributed by atoms with Crippen LogP contribution in [0.25, 0.3) is 11.4 Å². The van der Waals surface area contributed by atoms with Gasteiger partial charge in [-0.1, -0.05) is 42.2 Å². The highest BCUT2D eigenvalue weighted by atomic mass is 35.5. The van der Waals surface area contributed by atoms with Gasteiger partial charge in [-0.05, 0) is 24.6 Å². The Hall–Kier alpha value is -1.10. The van der Waals surface area contributed by atoms with Gasteiger partial charge in [0.15, 0.2) is 0 Å². The first-order chi connectivity index (χ1) is 9.02. The highest BCUT2D eigenvalue weighted by Gasteiger charge is 2.20. The van der Waals surface area contributed by atoms with Crippen molar-refractivity contribution in [3.05, 3.63) is 34.1 Å². The van der Waals surface area contributed by atoms with Crippen molar-refractivity contribution in [2.24, 2.45) is 5.73 Å². The summed E-state index contributed by atoms with van der Waals surface area (Å²) in [5.74, 6) is 1.05. The van der Waals surface area contributed by atoms with Gasteiger partial charge in [0.1, 0.15) is 0 Å². The third-order valence-corrected chi connectivity index (χ3v) is 3.86. The van der Waals surface area contributed by atoms with Crippen LogP contribution < -0.4 is 5.73 Å². The van der Waals surface area contributed by atoms with Crippen LogP contribution in [-0.2, 0) is 0 Å². The number of nitrogens with two attached hydrogens (primary N) is 1. The van der Waals surface area contributed by atoms with Gasteiger partial charge < -0.3 is 10.3 Å². The van der Waals surface area contributed by atoms with Gasteiger partial charge in [-0.2, -0.15) is 4.98 Å². The fourth-order valence-electron chi connectivity index (χ4n) is 1.71. The number of nitrogens with zero attached hydrogens (tertiary/aromatic N) is 2. The van der Waals surface area contributed by atoms with Crippen molar-refractivity contribution in [1.29, 1.82) is 0 Å². The SMILES string of the molecule is CCC(N)C(C)c1nc(-c2ccc(Cl)c(Cl)c2)no1. The van der Waals surface area contributed by atoms with Gasteiger partial charge >= 0.3 is 0 Å². The summed E-state index contributed by atoms with van der Waals surface area (Å²) < 4.78 is 5.26. The molecule has 0 aliphatic heterocycles. The molecule has 1 aromatic carbocycles. The molecule has 0 saturated heterocycles. The minimum absolute atomic E-state index is 0.00195. The molecule has 2 atom stereocenters. The standard InChI is InChI=1S/C13H15Cl2N3O/c1-3-11(16)7(2)13-17-12(18-19-13)8-4-5-9(14)10(15)6-8/h4-7,11H,3,16H2,1-2H3. The summed E-state index contributed by atoms with van der Waals surface area (Å²) in [6.07, 6.45) is 0.853. The maximum Gasteiger partial charge on any atom is 0.231 e. The van der Waals surface area contributed by atoms with Crippen LogP contribution in [0, 0.1) is 0 Å². The van der Waals surface area contributed by atoms with Gasteiger partial charge in [0.05, 0.1) is 16.0 Å². The quantitative estimate of drug-likeness (QED) is 0.930. The first-order valence-electron chi connectivity index (χ1n) is 6.07. The normalized spacial score (nSPS) is 14.4. The average Bonchev–Trinajstić information content (AvgIpc) is 2.89. The monoisotopic (exact) mass is 299 g/mol. The molecule has 0 aliphatic carbocycles. The summed E-state index contributed by atoms with van der Waals surface area (Å²) in [6.45, 7) is 4.00. The lowest BCUT2D eigenvalue weighted by molar-refractivity contribution is 0.340. The zero-order chi connectivity index (χ0) is 14.0. The lowest BCUT2D eigenvalue weighted by atomic mass is 10.0. The second-order valence-corrected chi connectivity index (χ2v) is 5.26. The maximum absolute atomic E-state index is 5.97. The van der Waals surface area contributed by atoms with Crippen LogP contribution in [0.2, 0.25) is 10.0 Å². The number of halogens is 2. The van der Waals surface area contributed by atoms with Crippen molar-refractivity contribution in [3.63, 3.8) is 0 Å². The summed E-state index contributed by atoms with van der Waals surface area (Å²) >= 11 is 11.8. The average molecular weight is 300 g/mol. The zero-order valence-corrected chi connectivity index (χ0v) is 12.2. The molecule has 0 fully saturated rings. The van der Waals surface area contributed by atoms with Crippen molar-refractivity contribution in [2.75, 3.05) is 0 Å². The molecule has 0 spiro atoms. The van der Waals surface area contributed by atoms with Crippen molar-refractivity contribution in [2.45, 2.75) is 32.2 Å². The fraction of sp³-hybridized carbons (Fsp3) is 0.385. The molecular formula is C13H15Cl2N3O. The predicted molar refractivity (Wildman–Crippen MR) is 76.4 cm³/mol. The molecule has 0 aliphatic rings. The van der Waals surface area contributed by atoms with Crippen LogP contribution in [0.15, 0.2) is 22.7 Å². The molecule has 0 saturated carbocycles. The Bertz CT molecular complexity index is 571. The van der Waals surface area contributed by atoms with Crippen LogP contribution in [0.3, 0.4) is 0 Å². The number of hydrogen-bond acceptors (Lipinski definition) is 4. The second-order valence-electron chi connectivity index (χ2n) is 4.45. The van der Waals surface area contributed by atoms with E-state index in [0.717, 1.165) is 12.0 Å². The number of rotatable bonds is 4.